The van der Waals surface area contributed by atoms with E-state index in [-0.39, 0.29) is 19.1 Å². The molecule has 398 valence electrons. The maximum Gasteiger partial charge on any atom is 0.472 e. The molecule has 0 aliphatic heterocycles. The van der Waals surface area contributed by atoms with Gasteiger partial charge in [0, 0.05) is 6.42 Å². The average Bonchev–Trinajstić information content (AvgIpc) is 3.32. The molecule has 0 aromatic rings. The number of hydrogen-bond donors (Lipinski definition) is 3. The molecule has 70 heavy (non-hydrogen) atoms. The Morgan fingerprint density at radius 3 is 1.31 bits per heavy atom. The van der Waals surface area contributed by atoms with Crippen LogP contribution in [-0.2, 0) is 18.4 Å². The van der Waals surface area contributed by atoms with Gasteiger partial charge in [0.25, 0.3) is 0 Å². The van der Waals surface area contributed by atoms with Crippen molar-refractivity contribution in [2.24, 2.45) is 0 Å². The Morgan fingerprint density at radius 1 is 0.500 bits per heavy atom. The smallest absolute Gasteiger partial charge is 0.387 e. The first-order valence-corrected chi connectivity index (χ1v) is 29.1. The molecule has 0 heterocycles. The van der Waals surface area contributed by atoms with E-state index in [1.165, 1.54) is 57.8 Å². The predicted molar refractivity (Wildman–Crippen MR) is 304 cm³/mol. The number of rotatable bonds is 48. The number of allylic oxidation sites excluding steroid dienone is 21. The van der Waals surface area contributed by atoms with Crippen LogP contribution >= 0.6 is 7.82 Å². The molecule has 0 saturated heterocycles. The van der Waals surface area contributed by atoms with Crippen molar-refractivity contribution in [1.82, 2.24) is 5.32 Å². The largest absolute Gasteiger partial charge is 0.472 e. The van der Waals surface area contributed by atoms with Crippen LogP contribution in [0.3, 0.4) is 0 Å². The molecule has 0 fully saturated rings. The molecule has 3 N–H and O–H groups in total. The number of phosphoric ester groups is 1. The van der Waals surface area contributed by atoms with Crippen molar-refractivity contribution in [1.29, 1.82) is 0 Å². The molecule has 0 aliphatic rings. The van der Waals surface area contributed by atoms with E-state index in [9.17, 15) is 19.4 Å². The highest BCUT2D eigenvalue weighted by atomic mass is 31.2. The van der Waals surface area contributed by atoms with Gasteiger partial charge in [-0.15, -0.1) is 0 Å². The minimum Gasteiger partial charge on any atom is -0.387 e. The van der Waals surface area contributed by atoms with Crippen LogP contribution in [-0.4, -0.2) is 73.4 Å². The van der Waals surface area contributed by atoms with Crippen LogP contribution in [0.1, 0.15) is 194 Å². The van der Waals surface area contributed by atoms with Crippen molar-refractivity contribution in [3.8, 4) is 0 Å². The van der Waals surface area contributed by atoms with E-state index in [0.717, 1.165) is 116 Å². The van der Waals surface area contributed by atoms with Gasteiger partial charge < -0.3 is 19.8 Å². The molecule has 9 heteroatoms. The first-order valence-electron chi connectivity index (χ1n) is 27.6. The van der Waals surface area contributed by atoms with E-state index in [1.807, 2.05) is 27.2 Å². The molecule has 0 saturated carbocycles. The second-order valence-corrected chi connectivity index (χ2v) is 20.7. The Hall–Kier alpha value is -3.36. The maximum atomic E-state index is 12.9. The molecule has 3 unspecified atom stereocenters. The number of carbonyl (C=O) groups is 1. The Kier molecular flexibility index (Phi) is 48.1. The number of aliphatic hydroxyl groups excluding tert-OH is 1. The Labute approximate surface area is 430 Å². The second kappa shape index (κ2) is 50.6. The lowest BCUT2D eigenvalue weighted by molar-refractivity contribution is -0.870. The van der Waals surface area contributed by atoms with Crippen LogP contribution in [0.4, 0.5) is 0 Å². The summed E-state index contributed by atoms with van der Waals surface area (Å²) in [6.45, 7) is 4.64. The van der Waals surface area contributed by atoms with Crippen LogP contribution in [0.5, 0.6) is 0 Å². The van der Waals surface area contributed by atoms with Gasteiger partial charge in [0.1, 0.15) is 13.2 Å². The molecular weight excluding hydrogens is 888 g/mol. The zero-order valence-corrected chi connectivity index (χ0v) is 46.1. The third-order valence-electron chi connectivity index (χ3n) is 11.4. The van der Waals surface area contributed by atoms with Crippen LogP contribution < -0.4 is 5.32 Å². The van der Waals surface area contributed by atoms with E-state index >= 15 is 0 Å². The highest BCUT2D eigenvalue weighted by Crippen LogP contribution is 2.43. The van der Waals surface area contributed by atoms with Crippen molar-refractivity contribution in [3.63, 3.8) is 0 Å². The standard InChI is InChI=1S/C61H103N2O6P/c1-6-8-10-12-14-16-18-20-22-23-24-25-26-27-28-29-30-31-32-33-34-35-36-37-38-39-41-43-45-47-49-51-53-55-61(65)62-59(58-69-70(66,67)68-57-56-63(3,4)5)60(64)54-52-50-48-46-44-42-40-21-19-17-15-13-11-9-7-2/h8,10,14,16,20,22,24-25,27-28,30-31,33-34,36-37,39,41,44,46,52,54,59-60,64H,6-7,9,11-13,15,17-19,21,23,26,29,32,35,38,40,42-43,45,47-51,53,55-58H2,1-5H3,(H-,62,65,66,67)/p+1/b10-8-,16-14-,22-20-,25-24-,28-27-,31-30-,34-33-,37-36-,41-39-,46-44+,54-52+. The second-order valence-electron chi connectivity index (χ2n) is 19.2. The highest BCUT2D eigenvalue weighted by molar-refractivity contribution is 7.47. The number of phosphoric acid groups is 1. The summed E-state index contributed by atoms with van der Waals surface area (Å²) in [6, 6.07) is -0.884. The van der Waals surface area contributed by atoms with Crippen molar-refractivity contribution < 1.29 is 32.9 Å². The van der Waals surface area contributed by atoms with Gasteiger partial charge >= 0.3 is 7.82 Å². The molecular formula is C61H104N2O6P+. The lowest BCUT2D eigenvalue weighted by Crippen LogP contribution is -2.45. The number of quaternary nitrogens is 1. The fraction of sp³-hybridized carbons (Fsp3) is 0.623. The van der Waals surface area contributed by atoms with Crippen LogP contribution in [0.25, 0.3) is 0 Å². The van der Waals surface area contributed by atoms with Gasteiger partial charge in [-0.1, -0.05) is 218 Å². The number of amides is 1. The van der Waals surface area contributed by atoms with E-state index in [1.54, 1.807) is 6.08 Å². The van der Waals surface area contributed by atoms with E-state index in [0.29, 0.717) is 17.4 Å². The molecule has 0 rings (SSSR count). The summed E-state index contributed by atoms with van der Waals surface area (Å²) in [7, 11) is 1.52. The third kappa shape index (κ3) is 52.5. The molecule has 0 aliphatic carbocycles. The van der Waals surface area contributed by atoms with Gasteiger partial charge in [0.15, 0.2) is 0 Å². The fourth-order valence-electron chi connectivity index (χ4n) is 7.05. The molecule has 0 radical (unpaired) electrons. The maximum absolute atomic E-state index is 12.9. The van der Waals surface area contributed by atoms with Crippen molar-refractivity contribution in [3.05, 3.63) is 134 Å². The molecule has 1 amide bonds. The summed E-state index contributed by atoms with van der Waals surface area (Å²) in [4.78, 5) is 23.2. The first-order chi connectivity index (χ1) is 34.0. The molecule has 0 aromatic heterocycles. The van der Waals surface area contributed by atoms with Crippen molar-refractivity contribution >= 4 is 13.7 Å². The number of nitrogens with one attached hydrogen (secondary N) is 1. The fourth-order valence-corrected chi connectivity index (χ4v) is 7.78. The normalized spacial score (nSPS) is 15.0. The SMILES string of the molecule is CC/C=C\C/C=C\C/C=C\C/C=C\C/C=C\C/C=C\C/C=C\C/C=C\C/C=C\CCCCCCCC(=O)NC(COP(=O)(O)OCC[N+](C)(C)C)C(O)/C=C/CC/C=C/CCCCCCCCCCC. The highest BCUT2D eigenvalue weighted by Gasteiger charge is 2.27. The van der Waals surface area contributed by atoms with Gasteiger partial charge in [-0.2, -0.15) is 0 Å². The quantitative estimate of drug-likeness (QED) is 0.0243. The van der Waals surface area contributed by atoms with E-state index < -0.39 is 20.0 Å². The number of aliphatic hydroxyl groups is 1. The van der Waals surface area contributed by atoms with Gasteiger partial charge in [-0.3, -0.25) is 13.8 Å². The number of nitrogens with zero attached hydrogens (tertiary/aromatic N) is 1. The number of hydrogen-bond acceptors (Lipinski definition) is 5. The van der Waals surface area contributed by atoms with Gasteiger partial charge in [-0.25, -0.2) is 4.57 Å². The first kappa shape index (κ1) is 66.6. The number of likely N-dealkylation sites (N-methyl/N-ethyl adjacent to an activating group) is 1. The summed E-state index contributed by atoms with van der Waals surface area (Å²) < 4.78 is 23.6. The Bertz CT molecular complexity index is 1590. The summed E-state index contributed by atoms with van der Waals surface area (Å²) >= 11 is 0. The zero-order valence-electron chi connectivity index (χ0n) is 45.2. The topological polar surface area (TPSA) is 105 Å². The molecule has 8 nitrogen and oxygen atoms in total. The van der Waals surface area contributed by atoms with E-state index in [4.69, 9.17) is 9.05 Å². The summed E-state index contributed by atoms with van der Waals surface area (Å²) in [5.74, 6) is -0.212. The lowest BCUT2D eigenvalue weighted by Gasteiger charge is -2.25. The zero-order chi connectivity index (χ0) is 51.3. The Morgan fingerprint density at radius 2 is 0.871 bits per heavy atom. The van der Waals surface area contributed by atoms with Gasteiger partial charge in [0.2, 0.25) is 5.91 Å². The summed E-state index contributed by atoms with van der Waals surface area (Å²) in [5, 5.41) is 13.9. The van der Waals surface area contributed by atoms with Crippen molar-refractivity contribution in [2.75, 3.05) is 40.9 Å². The minimum atomic E-state index is -4.37. The van der Waals surface area contributed by atoms with Crippen LogP contribution in [0.2, 0.25) is 0 Å². The summed E-state index contributed by atoms with van der Waals surface area (Å²) in [5.41, 5.74) is 0. The van der Waals surface area contributed by atoms with Crippen LogP contribution in [0, 0.1) is 0 Å². The number of unbranched alkanes of at least 4 members (excludes halogenated alkanes) is 15. The van der Waals surface area contributed by atoms with Gasteiger partial charge in [-0.05, 0) is 103 Å². The van der Waals surface area contributed by atoms with Gasteiger partial charge in [0.05, 0.1) is 39.9 Å². The molecule has 0 spiro atoms. The third-order valence-corrected chi connectivity index (χ3v) is 12.3. The predicted octanol–water partition coefficient (Wildman–Crippen LogP) is 16.8. The number of carbonyl (C=O) groups excluding carboxylic acids is 1. The summed E-state index contributed by atoms with van der Waals surface area (Å²) in [6.07, 6.45) is 76.9. The Balaban J connectivity index is 4.31. The lowest BCUT2D eigenvalue weighted by atomic mass is 10.1. The van der Waals surface area contributed by atoms with Crippen LogP contribution in [0.15, 0.2) is 134 Å². The minimum absolute atomic E-state index is 0.0444. The molecule has 0 bridgehead atoms. The molecule has 0 aromatic carbocycles. The molecule has 3 atom stereocenters. The van der Waals surface area contributed by atoms with E-state index in [2.05, 4.69) is 141 Å². The van der Waals surface area contributed by atoms with Crippen molar-refractivity contribution in [2.45, 2.75) is 206 Å². The average molecular weight is 992 g/mol. The monoisotopic (exact) mass is 992 g/mol.